The molecule has 226 valence electrons. The van der Waals surface area contributed by atoms with Gasteiger partial charge in [0, 0.05) is 35.3 Å². The summed E-state index contributed by atoms with van der Waals surface area (Å²) in [6.45, 7) is 6.71. The van der Waals surface area contributed by atoms with E-state index in [-0.39, 0.29) is 5.41 Å². The highest BCUT2D eigenvalue weighted by atomic mass is 32.2. The van der Waals surface area contributed by atoms with Gasteiger partial charge in [-0.2, -0.15) is 0 Å². The molecule has 9 nitrogen and oxygen atoms in total. The zero-order valence-corrected chi connectivity index (χ0v) is 26.1. The van der Waals surface area contributed by atoms with Gasteiger partial charge in [-0.05, 0) is 58.6 Å². The van der Waals surface area contributed by atoms with E-state index in [2.05, 4.69) is 46.7 Å². The first-order valence-electron chi connectivity index (χ1n) is 14.1. The van der Waals surface area contributed by atoms with Gasteiger partial charge in [-0.25, -0.2) is 9.78 Å². The number of rotatable bonds is 9. The first kappa shape index (κ1) is 30.7. The van der Waals surface area contributed by atoms with Crippen LogP contribution in [0.3, 0.4) is 0 Å². The quantitative estimate of drug-likeness (QED) is 0.146. The number of nitrogens with one attached hydrogen (secondary N) is 3. The Morgan fingerprint density at radius 3 is 2.34 bits per heavy atom. The Morgan fingerprint density at radius 1 is 0.886 bits per heavy atom. The molecular weight excluding hydrogens is 574 g/mol. The summed E-state index contributed by atoms with van der Waals surface area (Å²) in [5.41, 5.74) is 2.64. The molecule has 0 fully saturated rings. The molecule has 2 aromatic heterocycles. The lowest BCUT2D eigenvalue weighted by Crippen LogP contribution is -2.22. The Labute approximate surface area is 260 Å². The largest absolute Gasteiger partial charge is 0.612 e. The van der Waals surface area contributed by atoms with Crippen molar-refractivity contribution >= 4 is 45.2 Å². The molecule has 0 aliphatic carbocycles. The lowest BCUT2D eigenvalue weighted by molar-refractivity contribution is 0.262. The normalized spacial score (nSPS) is 12.0. The summed E-state index contributed by atoms with van der Waals surface area (Å²) < 4.78 is 24.4. The molecule has 44 heavy (non-hydrogen) atoms. The number of hydrogen-bond donors (Lipinski definition) is 3. The van der Waals surface area contributed by atoms with Crippen LogP contribution in [0, 0.1) is 0 Å². The van der Waals surface area contributed by atoms with E-state index in [1.165, 1.54) is 7.11 Å². The van der Waals surface area contributed by atoms with E-state index >= 15 is 0 Å². The number of ether oxygens (including phenoxy) is 2. The van der Waals surface area contributed by atoms with Crippen molar-refractivity contribution in [2.45, 2.75) is 37.6 Å². The number of methoxy groups -OCH3 is 1. The number of amides is 2. The highest BCUT2D eigenvalue weighted by Gasteiger charge is 2.25. The minimum absolute atomic E-state index is 0.232. The lowest BCUT2D eigenvalue weighted by atomic mass is 9.86. The van der Waals surface area contributed by atoms with Crippen LogP contribution < -0.4 is 25.4 Å². The van der Waals surface area contributed by atoms with Crippen LogP contribution in [0.5, 0.6) is 17.2 Å². The van der Waals surface area contributed by atoms with Gasteiger partial charge in [0.2, 0.25) is 0 Å². The van der Waals surface area contributed by atoms with Crippen molar-refractivity contribution in [3.05, 3.63) is 103 Å². The monoisotopic (exact) mass is 609 g/mol. The van der Waals surface area contributed by atoms with E-state index in [0.29, 0.717) is 45.9 Å². The molecule has 3 N–H and O–H groups in total. The molecule has 0 saturated heterocycles. The van der Waals surface area contributed by atoms with Crippen molar-refractivity contribution < 1.29 is 18.8 Å². The Kier molecular flexibility index (Phi) is 9.22. The summed E-state index contributed by atoms with van der Waals surface area (Å²) in [6.07, 6.45) is 5.03. The van der Waals surface area contributed by atoms with E-state index in [0.717, 1.165) is 22.0 Å². The Bertz CT molecular complexity index is 1770. The maximum absolute atomic E-state index is 13.3. The molecule has 2 heterocycles. The van der Waals surface area contributed by atoms with Gasteiger partial charge in [0.15, 0.2) is 10.6 Å². The summed E-state index contributed by atoms with van der Waals surface area (Å²) in [5, 5.41) is 10.8. The number of carbonyl (C=O) groups excluding carboxylic acids is 1. The molecular formula is C34H35N5O4S. The summed E-state index contributed by atoms with van der Waals surface area (Å²) in [4.78, 5) is 22.5. The number of aromatic nitrogens is 2. The molecule has 0 radical (unpaired) electrons. The zero-order valence-electron chi connectivity index (χ0n) is 25.3. The van der Waals surface area contributed by atoms with Gasteiger partial charge >= 0.3 is 6.03 Å². The number of nitrogens with zero attached hydrogens (tertiary/aromatic N) is 2. The molecule has 0 spiro atoms. The molecule has 0 aliphatic rings. The second-order valence-electron chi connectivity index (χ2n) is 11.1. The fourth-order valence-corrected chi connectivity index (χ4v) is 5.43. The van der Waals surface area contributed by atoms with Crippen LogP contribution in [-0.2, 0) is 23.1 Å². The fraction of sp³-hybridized carbons (Fsp3) is 0.206. The van der Waals surface area contributed by atoms with E-state index in [9.17, 15) is 9.35 Å². The van der Waals surface area contributed by atoms with Crippen LogP contribution in [-0.4, -0.2) is 33.9 Å². The SMILES string of the molecule is COc1c(NC(=O)Nc2ccc(Oc3ccnc(NCc4ccccn4)c3)c3ccccc23)cc(C(C)(C)C)cc1[S+](C)[O-]. The standard InChI is InChI=1S/C34H35N5O4S/c1-34(2,3)22-18-28(32(42-4)30(19-22)44(5)41)39-33(40)38-27-13-14-29(26-12-7-6-11-25(26)27)43-24-15-17-36-31(20-24)37-21-23-10-8-9-16-35-23/h6-20H,21H2,1-5H3,(H,36,37)(H2,38,39,40). The van der Waals surface area contributed by atoms with Gasteiger partial charge in [-0.3, -0.25) is 4.98 Å². The van der Waals surface area contributed by atoms with Gasteiger partial charge in [0.05, 0.1) is 30.7 Å². The maximum Gasteiger partial charge on any atom is 0.323 e. The second-order valence-corrected chi connectivity index (χ2v) is 12.5. The van der Waals surface area contributed by atoms with Crippen molar-refractivity contribution in [3.8, 4) is 17.2 Å². The van der Waals surface area contributed by atoms with Crippen LogP contribution in [0.1, 0.15) is 32.0 Å². The first-order valence-corrected chi connectivity index (χ1v) is 15.6. The van der Waals surface area contributed by atoms with Crippen LogP contribution >= 0.6 is 0 Å². The third-order valence-electron chi connectivity index (χ3n) is 6.95. The Hall–Kier alpha value is -4.80. The van der Waals surface area contributed by atoms with Crippen LogP contribution in [0.25, 0.3) is 10.8 Å². The van der Waals surface area contributed by atoms with Crippen molar-refractivity contribution in [2.24, 2.45) is 0 Å². The molecule has 0 aliphatic heterocycles. The van der Waals surface area contributed by atoms with Gasteiger partial charge in [-0.15, -0.1) is 0 Å². The van der Waals surface area contributed by atoms with Gasteiger partial charge < -0.3 is 30.0 Å². The van der Waals surface area contributed by atoms with E-state index < -0.39 is 17.2 Å². The minimum atomic E-state index is -1.32. The topological polar surface area (TPSA) is 120 Å². The number of fused-ring (bicyclic) bond motifs is 1. The summed E-state index contributed by atoms with van der Waals surface area (Å²) in [5.74, 6) is 2.27. The molecule has 5 rings (SSSR count). The molecule has 10 heteroatoms. The third kappa shape index (κ3) is 7.21. The lowest BCUT2D eigenvalue weighted by Gasteiger charge is -2.23. The van der Waals surface area contributed by atoms with Crippen molar-refractivity contribution in [1.29, 1.82) is 0 Å². The molecule has 0 bridgehead atoms. The smallest absolute Gasteiger partial charge is 0.323 e. The summed E-state index contributed by atoms with van der Waals surface area (Å²) in [6, 6.07) is 23.9. The van der Waals surface area contributed by atoms with Crippen LogP contribution in [0.4, 0.5) is 22.0 Å². The average molecular weight is 610 g/mol. The number of hydrogen-bond acceptors (Lipinski definition) is 7. The Morgan fingerprint density at radius 2 is 1.64 bits per heavy atom. The molecule has 5 aromatic rings. The van der Waals surface area contributed by atoms with Crippen molar-refractivity contribution in [3.63, 3.8) is 0 Å². The molecule has 2 amide bonds. The van der Waals surface area contributed by atoms with E-state index in [1.807, 2.05) is 66.7 Å². The number of carbonyl (C=O) groups is 1. The molecule has 1 atom stereocenters. The van der Waals surface area contributed by atoms with Crippen molar-refractivity contribution in [1.82, 2.24) is 9.97 Å². The maximum atomic E-state index is 13.3. The predicted molar refractivity (Wildman–Crippen MR) is 176 cm³/mol. The van der Waals surface area contributed by atoms with Gasteiger partial charge in [-0.1, -0.05) is 51.1 Å². The molecule has 3 aromatic carbocycles. The minimum Gasteiger partial charge on any atom is -0.612 e. The fourth-order valence-electron chi connectivity index (χ4n) is 4.68. The molecule has 0 saturated carbocycles. The summed E-state index contributed by atoms with van der Waals surface area (Å²) in [7, 11) is 1.50. The van der Waals surface area contributed by atoms with Crippen LogP contribution in [0.2, 0.25) is 0 Å². The summed E-state index contributed by atoms with van der Waals surface area (Å²) >= 11 is -1.32. The zero-order chi connectivity index (χ0) is 31.3. The second kappa shape index (κ2) is 13.2. The van der Waals surface area contributed by atoms with Gasteiger partial charge in [0.1, 0.15) is 23.6 Å². The van der Waals surface area contributed by atoms with E-state index in [1.54, 1.807) is 30.8 Å². The molecule has 1 unspecified atom stereocenters. The van der Waals surface area contributed by atoms with Crippen LogP contribution in [0.15, 0.2) is 96.2 Å². The van der Waals surface area contributed by atoms with Gasteiger partial charge in [0.25, 0.3) is 0 Å². The number of pyridine rings is 2. The first-order chi connectivity index (χ1) is 21.1. The third-order valence-corrected chi connectivity index (χ3v) is 7.87. The number of urea groups is 1. The highest BCUT2D eigenvalue weighted by Crippen LogP contribution is 2.39. The van der Waals surface area contributed by atoms with E-state index in [4.69, 9.17) is 9.47 Å². The Balaban J connectivity index is 1.36. The average Bonchev–Trinajstić information content (AvgIpc) is 3.01. The predicted octanol–water partition coefficient (Wildman–Crippen LogP) is 7.72. The highest BCUT2D eigenvalue weighted by molar-refractivity contribution is 7.90. The number of anilines is 3. The number of benzene rings is 3. The van der Waals surface area contributed by atoms with Crippen molar-refractivity contribution in [2.75, 3.05) is 29.3 Å².